The number of terminal acetylenes is 1. The number of aromatic nitrogens is 2. The summed E-state index contributed by atoms with van der Waals surface area (Å²) in [5, 5.41) is 14.7. The fourth-order valence-corrected chi connectivity index (χ4v) is 5.16. The normalized spacial score (nSPS) is 19.2. The second-order valence-corrected chi connectivity index (χ2v) is 8.35. The minimum Gasteiger partial charge on any atom is -0.364 e. The molecular formula is C26H17F2N5. The standard InChI is InChI=1S/C26H17F2N5/c1-2-16-19(27)7-6-14-4-3-5-17(22(14)16)24-23(28)25-18(12-32-24)26(15(10-29)11-31-25)33-13-20-21(33)8-9-30-20/h1,3-7,11-12,20-21,30H,8-9,13H2/t20-,21-/m1/s1. The van der Waals surface area contributed by atoms with Crippen molar-refractivity contribution in [1.29, 1.82) is 5.26 Å². The third kappa shape index (κ3) is 2.73. The molecule has 0 radical (unpaired) electrons. The minimum absolute atomic E-state index is 0.0439. The van der Waals surface area contributed by atoms with Crippen LogP contribution in [0.1, 0.15) is 17.5 Å². The molecule has 4 heterocycles. The highest BCUT2D eigenvalue weighted by molar-refractivity contribution is 6.02. The number of fused-ring (bicyclic) bond motifs is 3. The Bertz CT molecular complexity index is 1550. The average Bonchev–Trinajstić information content (AvgIpc) is 3.19. The number of hydrogen-bond acceptors (Lipinski definition) is 5. The highest BCUT2D eigenvalue weighted by atomic mass is 19.1. The molecule has 2 atom stereocenters. The van der Waals surface area contributed by atoms with Gasteiger partial charge in [-0.25, -0.2) is 8.78 Å². The molecule has 0 unspecified atom stereocenters. The van der Waals surface area contributed by atoms with Gasteiger partial charge in [0.2, 0.25) is 0 Å². The quantitative estimate of drug-likeness (QED) is 0.478. The molecule has 2 aliphatic rings. The van der Waals surface area contributed by atoms with E-state index in [2.05, 4.69) is 32.2 Å². The first kappa shape index (κ1) is 19.6. The summed E-state index contributed by atoms with van der Waals surface area (Å²) >= 11 is 0. The predicted molar refractivity (Wildman–Crippen MR) is 123 cm³/mol. The molecule has 4 aromatic rings. The van der Waals surface area contributed by atoms with Gasteiger partial charge in [-0.1, -0.05) is 30.2 Å². The van der Waals surface area contributed by atoms with Crippen LogP contribution < -0.4 is 10.2 Å². The second-order valence-electron chi connectivity index (χ2n) is 8.35. The molecular weight excluding hydrogens is 420 g/mol. The topological polar surface area (TPSA) is 64.8 Å². The summed E-state index contributed by atoms with van der Waals surface area (Å²) in [4.78, 5) is 10.8. The van der Waals surface area contributed by atoms with Crippen molar-refractivity contribution in [2.75, 3.05) is 18.0 Å². The second kappa shape index (κ2) is 7.23. The van der Waals surface area contributed by atoms with Gasteiger partial charge in [0, 0.05) is 47.4 Å². The van der Waals surface area contributed by atoms with E-state index >= 15 is 4.39 Å². The van der Waals surface area contributed by atoms with Crippen molar-refractivity contribution in [2.24, 2.45) is 0 Å². The van der Waals surface area contributed by atoms with Crippen molar-refractivity contribution in [2.45, 2.75) is 18.5 Å². The lowest BCUT2D eigenvalue weighted by Crippen LogP contribution is -2.61. The zero-order chi connectivity index (χ0) is 22.7. The number of halogens is 2. The van der Waals surface area contributed by atoms with Crippen molar-refractivity contribution >= 4 is 27.4 Å². The summed E-state index contributed by atoms with van der Waals surface area (Å²) in [5.74, 6) is 1.22. The number of anilines is 1. The van der Waals surface area contributed by atoms with Crippen LogP contribution in [-0.2, 0) is 0 Å². The smallest absolute Gasteiger partial charge is 0.175 e. The van der Waals surface area contributed by atoms with E-state index in [4.69, 9.17) is 6.42 Å². The van der Waals surface area contributed by atoms with Crippen molar-refractivity contribution in [1.82, 2.24) is 15.3 Å². The van der Waals surface area contributed by atoms with E-state index in [0.29, 0.717) is 39.0 Å². The third-order valence-corrected chi connectivity index (χ3v) is 6.73. The number of benzene rings is 2. The summed E-state index contributed by atoms with van der Waals surface area (Å²) in [6.45, 7) is 1.67. The first-order chi connectivity index (χ1) is 16.1. The van der Waals surface area contributed by atoms with Crippen LogP contribution in [0.4, 0.5) is 14.5 Å². The average molecular weight is 437 g/mol. The Morgan fingerprint density at radius 3 is 2.82 bits per heavy atom. The molecule has 5 nitrogen and oxygen atoms in total. The van der Waals surface area contributed by atoms with Crippen molar-refractivity contribution in [3.05, 3.63) is 65.5 Å². The van der Waals surface area contributed by atoms with E-state index in [1.54, 1.807) is 30.5 Å². The molecule has 6 rings (SSSR count). The molecule has 0 spiro atoms. The number of pyridine rings is 2. The van der Waals surface area contributed by atoms with Gasteiger partial charge in [0.1, 0.15) is 23.1 Å². The number of hydrogen-bond donors (Lipinski definition) is 1. The van der Waals surface area contributed by atoms with Gasteiger partial charge in [0.25, 0.3) is 0 Å². The van der Waals surface area contributed by atoms with E-state index < -0.39 is 11.6 Å². The van der Waals surface area contributed by atoms with Crippen LogP contribution in [-0.4, -0.2) is 35.1 Å². The molecule has 0 saturated carbocycles. The van der Waals surface area contributed by atoms with Crippen LogP contribution in [0, 0.1) is 35.3 Å². The number of nitriles is 1. The van der Waals surface area contributed by atoms with Gasteiger partial charge in [0.15, 0.2) is 5.82 Å². The largest absolute Gasteiger partial charge is 0.364 e. The fraction of sp³-hybridized carbons (Fsp3) is 0.192. The van der Waals surface area contributed by atoms with Crippen molar-refractivity contribution in [3.63, 3.8) is 0 Å². The highest BCUT2D eigenvalue weighted by Gasteiger charge is 2.43. The lowest BCUT2D eigenvalue weighted by Gasteiger charge is -2.46. The van der Waals surface area contributed by atoms with E-state index in [-0.39, 0.29) is 22.8 Å². The van der Waals surface area contributed by atoms with Gasteiger partial charge in [-0.05, 0) is 24.4 Å². The van der Waals surface area contributed by atoms with Gasteiger partial charge in [-0.3, -0.25) is 9.97 Å². The molecule has 2 fully saturated rings. The summed E-state index contributed by atoms with van der Waals surface area (Å²) in [5.41, 5.74) is 1.69. The number of nitrogens with one attached hydrogen (secondary N) is 1. The maximum absolute atomic E-state index is 15.9. The maximum atomic E-state index is 15.9. The molecule has 7 heteroatoms. The Labute approximate surface area is 188 Å². The monoisotopic (exact) mass is 437 g/mol. The zero-order valence-electron chi connectivity index (χ0n) is 17.4. The number of nitrogens with zero attached hydrogens (tertiary/aromatic N) is 4. The Hall–Kier alpha value is -4.07. The predicted octanol–water partition coefficient (Wildman–Crippen LogP) is 4.13. The Morgan fingerprint density at radius 1 is 1.15 bits per heavy atom. The van der Waals surface area contributed by atoms with Crippen molar-refractivity contribution < 1.29 is 8.78 Å². The summed E-state index contributed by atoms with van der Waals surface area (Å²) in [6.07, 6.45) is 9.51. The lowest BCUT2D eigenvalue weighted by molar-refractivity contribution is 0.397. The molecule has 160 valence electrons. The first-order valence-electron chi connectivity index (χ1n) is 10.7. The molecule has 2 aromatic heterocycles. The van der Waals surface area contributed by atoms with Gasteiger partial charge in [0.05, 0.1) is 16.8 Å². The van der Waals surface area contributed by atoms with Crippen LogP contribution in [0.2, 0.25) is 0 Å². The molecule has 2 aromatic carbocycles. The van der Waals surface area contributed by atoms with Crippen molar-refractivity contribution in [3.8, 4) is 29.7 Å². The van der Waals surface area contributed by atoms with Crippen LogP contribution in [0.3, 0.4) is 0 Å². The summed E-state index contributed by atoms with van der Waals surface area (Å²) in [6, 6.07) is 11.0. The minimum atomic E-state index is -0.625. The molecule has 0 bridgehead atoms. The molecule has 0 aliphatic carbocycles. The van der Waals surface area contributed by atoms with E-state index in [1.807, 2.05) is 0 Å². The molecule has 0 amide bonds. The Balaban J connectivity index is 1.59. The SMILES string of the molecule is C#Cc1c(F)ccc2cccc(-c3ncc4c(N5C[C@H]6NCC[C@H]65)c(C#N)cnc4c3F)c12. The van der Waals surface area contributed by atoms with Crippen LogP contribution in [0.25, 0.3) is 32.9 Å². The molecule has 1 N–H and O–H groups in total. The van der Waals surface area contributed by atoms with Gasteiger partial charge >= 0.3 is 0 Å². The summed E-state index contributed by atoms with van der Waals surface area (Å²) in [7, 11) is 0. The zero-order valence-corrected chi connectivity index (χ0v) is 17.4. The number of rotatable bonds is 2. The van der Waals surface area contributed by atoms with Crippen LogP contribution >= 0.6 is 0 Å². The van der Waals surface area contributed by atoms with E-state index in [0.717, 1.165) is 19.5 Å². The van der Waals surface area contributed by atoms with E-state index in [1.165, 1.54) is 12.3 Å². The summed E-state index contributed by atoms with van der Waals surface area (Å²) < 4.78 is 30.3. The van der Waals surface area contributed by atoms with Crippen LogP contribution in [0.15, 0.2) is 42.7 Å². The van der Waals surface area contributed by atoms with E-state index in [9.17, 15) is 9.65 Å². The Morgan fingerprint density at radius 2 is 2.03 bits per heavy atom. The third-order valence-electron chi connectivity index (χ3n) is 6.73. The molecule has 33 heavy (non-hydrogen) atoms. The van der Waals surface area contributed by atoms with Gasteiger partial charge in [-0.2, -0.15) is 5.26 Å². The molecule has 2 aliphatic heterocycles. The first-order valence-corrected chi connectivity index (χ1v) is 10.7. The maximum Gasteiger partial charge on any atom is 0.175 e. The van der Waals surface area contributed by atoms with Gasteiger partial charge in [-0.15, -0.1) is 6.42 Å². The van der Waals surface area contributed by atoms with Crippen LogP contribution in [0.5, 0.6) is 0 Å². The molecule has 2 saturated heterocycles. The lowest BCUT2D eigenvalue weighted by atomic mass is 9.94. The fourth-order valence-electron chi connectivity index (χ4n) is 5.16. The Kier molecular flexibility index (Phi) is 4.29. The van der Waals surface area contributed by atoms with Gasteiger partial charge < -0.3 is 10.2 Å². The highest BCUT2D eigenvalue weighted by Crippen LogP contribution is 2.40.